The van der Waals surface area contributed by atoms with Crippen LogP contribution in [-0.4, -0.2) is 35.5 Å². The van der Waals surface area contributed by atoms with Gasteiger partial charge in [-0.05, 0) is 80.0 Å². The molecule has 1 saturated heterocycles. The number of methoxy groups -OCH3 is 1. The first-order valence-corrected chi connectivity index (χ1v) is 12.5. The number of aromatic nitrogens is 1. The minimum absolute atomic E-state index is 0.464. The third-order valence-corrected chi connectivity index (χ3v) is 7.47. The first-order chi connectivity index (χ1) is 15.7. The van der Waals surface area contributed by atoms with E-state index in [0.29, 0.717) is 18.0 Å². The van der Waals surface area contributed by atoms with Crippen molar-refractivity contribution in [1.82, 2.24) is 9.88 Å². The fourth-order valence-corrected chi connectivity index (χ4v) is 5.72. The first kappa shape index (κ1) is 23.1. The molecule has 3 atom stereocenters. The Labute approximate surface area is 197 Å². The average molecular weight is 451 g/mol. The molecular formula is C28H35ClN2O. The molecular weight excluding hydrogens is 416 g/mol. The van der Waals surface area contributed by atoms with Gasteiger partial charge in [0.15, 0.2) is 0 Å². The van der Waals surface area contributed by atoms with E-state index in [2.05, 4.69) is 65.3 Å². The molecule has 0 bridgehead atoms. The lowest BCUT2D eigenvalue weighted by molar-refractivity contribution is 0.0731. The highest BCUT2D eigenvalue weighted by Crippen LogP contribution is 2.35. The Morgan fingerprint density at radius 3 is 2.75 bits per heavy atom. The standard InChI is InChI=1S/C28H35ClN2O/c1-3-28(23-9-5-4-6-10-23)31-17-15-21(18-24(31)20-29)8-7-11-22-14-16-30-27-13-12-25(32-2)19-26(22)27/h4-6,9-10,12-14,16,19,21,24,28H,3,7-8,11,15,17-18,20H2,1-2H3. The van der Waals surface area contributed by atoms with E-state index in [9.17, 15) is 0 Å². The number of nitrogens with zero attached hydrogens (tertiary/aromatic N) is 2. The van der Waals surface area contributed by atoms with Crippen LogP contribution in [0.3, 0.4) is 0 Å². The van der Waals surface area contributed by atoms with Crippen molar-refractivity contribution in [2.24, 2.45) is 5.92 Å². The second-order valence-electron chi connectivity index (χ2n) is 9.02. The van der Waals surface area contributed by atoms with Crippen molar-refractivity contribution in [2.45, 2.75) is 57.5 Å². The maximum absolute atomic E-state index is 6.49. The molecule has 1 fully saturated rings. The molecule has 2 aromatic carbocycles. The molecule has 1 aromatic heterocycles. The summed E-state index contributed by atoms with van der Waals surface area (Å²) in [7, 11) is 1.72. The Morgan fingerprint density at radius 1 is 1.16 bits per heavy atom. The number of likely N-dealkylation sites (tertiary alicyclic amines) is 1. The molecule has 4 heteroatoms. The maximum atomic E-state index is 6.49. The molecule has 4 rings (SSSR count). The predicted octanol–water partition coefficient (Wildman–Crippen LogP) is 7.04. The Hall–Kier alpha value is -2.10. The number of alkyl halides is 1. The van der Waals surface area contributed by atoms with Gasteiger partial charge in [0.25, 0.3) is 0 Å². The molecule has 0 radical (unpaired) electrons. The molecule has 3 aromatic rings. The molecule has 170 valence electrons. The van der Waals surface area contributed by atoms with E-state index < -0.39 is 0 Å². The first-order valence-electron chi connectivity index (χ1n) is 12.0. The molecule has 0 saturated carbocycles. The van der Waals surface area contributed by atoms with Gasteiger partial charge < -0.3 is 4.74 Å². The molecule has 2 heterocycles. The van der Waals surface area contributed by atoms with Gasteiger partial charge in [-0.1, -0.05) is 43.7 Å². The maximum Gasteiger partial charge on any atom is 0.119 e. The number of hydrogen-bond donors (Lipinski definition) is 0. The van der Waals surface area contributed by atoms with Crippen LogP contribution in [0.2, 0.25) is 0 Å². The average Bonchev–Trinajstić information content (AvgIpc) is 2.85. The highest BCUT2D eigenvalue weighted by atomic mass is 35.5. The molecule has 1 aliphatic heterocycles. The van der Waals surface area contributed by atoms with Gasteiger partial charge in [-0.2, -0.15) is 0 Å². The predicted molar refractivity (Wildman–Crippen MR) is 135 cm³/mol. The van der Waals surface area contributed by atoms with Crippen molar-refractivity contribution in [1.29, 1.82) is 0 Å². The number of ether oxygens (including phenoxy) is 1. The van der Waals surface area contributed by atoms with Gasteiger partial charge in [0.05, 0.1) is 12.6 Å². The van der Waals surface area contributed by atoms with Gasteiger partial charge in [0.2, 0.25) is 0 Å². The van der Waals surface area contributed by atoms with E-state index in [1.54, 1.807) is 7.11 Å². The van der Waals surface area contributed by atoms with Crippen LogP contribution in [0.1, 0.15) is 56.2 Å². The van der Waals surface area contributed by atoms with Crippen molar-refractivity contribution in [2.75, 3.05) is 19.5 Å². The third-order valence-electron chi connectivity index (χ3n) is 7.12. The topological polar surface area (TPSA) is 25.4 Å². The van der Waals surface area contributed by atoms with E-state index in [0.717, 1.165) is 36.6 Å². The summed E-state index contributed by atoms with van der Waals surface area (Å²) in [5, 5.41) is 1.22. The van der Waals surface area contributed by atoms with E-state index in [-0.39, 0.29) is 0 Å². The lowest BCUT2D eigenvalue weighted by atomic mass is 9.85. The summed E-state index contributed by atoms with van der Waals surface area (Å²) in [6.45, 7) is 3.44. The number of pyridine rings is 1. The van der Waals surface area contributed by atoms with Crippen LogP contribution in [0.5, 0.6) is 5.75 Å². The lowest BCUT2D eigenvalue weighted by Crippen LogP contribution is -2.45. The molecule has 32 heavy (non-hydrogen) atoms. The summed E-state index contributed by atoms with van der Waals surface area (Å²) < 4.78 is 5.43. The van der Waals surface area contributed by atoms with E-state index >= 15 is 0 Å². The minimum Gasteiger partial charge on any atom is -0.497 e. The zero-order chi connectivity index (χ0) is 22.3. The van der Waals surface area contributed by atoms with Crippen LogP contribution < -0.4 is 4.74 Å². The van der Waals surface area contributed by atoms with Gasteiger partial charge in [-0.25, -0.2) is 0 Å². The number of benzene rings is 2. The Morgan fingerprint density at radius 2 is 2.00 bits per heavy atom. The van der Waals surface area contributed by atoms with E-state index in [1.807, 2.05) is 12.3 Å². The van der Waals surface area contributed by atoms with Crippen LogP contribution >= 0.6 is 11.6 Å². The number of rotatable bonds is 9. The zero-order valence-corrected chi connectivity index (χ0v) is 20.1. The quantitative estimate of drug-likeness (QED) is 0.327. The van der Waals surface area contributed by atoms with Gasteiger partial charge >= 0.3 is 0 Å². The second-order valence-corrected chi connectivity index (χ2v) is 9.33. The number of aryl methyl sites for hydroxylation is 1. The SMILES string of the molecule is CCC(c1ccccc1)N1CCC(CCCc2ccnc3ccc(OC)cc23)CC1CCl. The van der Waals surface area contributed by atoms with Crippen LogP contribution in [0, 0.1) is 5.92 Å². The van der Waals surface area contributed by atoms with Crippen LogP contribution in [0.4, 0.5) is 0 Å². The van der Waals surface area contributed by atoms with Gasteiger partial charge in [0.1, 0.15) is 5.75 Å². The van der Waals surface area contributed by atoms with Gasteiger partial charge in [-0.3, -0.25) is 9.88 Å². The summed E-state index contributed by atoms with van der Waals surface area (Å²) in [5.74, 6) is 2.37. The molecule has 3 nitrogen and oxygen atoms in total. The second kappa shape index (κ2) is 11.2. The van der Waals surface area contributed by atoms with Crippen molar-refractivity contribution in [3.05, 3.63) is 71.9 Å². The Balaban J connectivity index is 1.36. The van der Waals surface area contributed by atoms with Crippen molar-refractivity contribution in [3.63, 3.8) is 0 Å². The molecule has 0 aliphatic carbocycles. The summed E-state index contributed by atoms with van der Waals surface area (Å²) in [4.78, 5) is 7.19. The van der Waals surface area contributed by atoms with E-state index in [4.69, 9.17) is 16.3 Å². The fraction of sp³-hybridized carbons (Fsp3) is 0.464. The molecule has 0 N–H and O–H groups in total. The summed E-state index contributed by atoms with van der Waals surface area (Å²) >= 11 is 6.49. The number of halogens is 1. The summed E-state index contributed by atoms with van der Waals surface area (Å²) in [5.41, 5.74) is 3.84. The van der Waals surface area contributed by atoms with E-state index in [1.165, 1.54) is 42.2 Å². The molecule has 3 unspecified atom stereocenters. The zero-order valence-electron chi connectivity index (χ0n) is 19.3. The summed E-state index contributed by atoms with van der Waals surface area (Å²) in [6.07, 6.45) is 9.07. The van der Waals surface area contributed by atoms with Crippen molar-refractivity contribution >= 4 is 22.5 Å². The van der Waals surface area contributed by atoms with Crippen molar-refractivity contribution in [3.8, 4) is 5.75 Å². The normalized spacial score (nSPS) is 20.3. The lowest BCUT2D eigenvalue weighted by Gasteiger charge is -2.43. The monoisotopic (exact) mass is 450 g/mol. The highest BCUT2D eigenvalue weighted by Gasteiger charge is 2.32. The highest BCUT2D eigenvalue weighted by molar-refractivity contribution is 6.18. The number of hydrogen-bond acceptors (Lipinski definition) is 3. The fourth-order valence-electron chi connectivity index (χ4n) is 5.42. The van der Waals surface area contributed by atoms with Gasteiger partial charge in [0, 0.05) is 29.5 Å². The third kappa shape index (κ3) is 5.27. The number of piperidine rings is 1. The Bertz CT molecular complexity index is 993. The molecule has 0 spiro atoms. The smallest absolute Gasteiger partial charge is 0.119 e. The number of fused-ring (bicyclic) bond motifs is 1. The van der Waals surface area contributed by atoms with Gasteiger partial charge in [-0.15, -0.1) is 11.6 Å². The molecule has 1 aliphatic rings. The van der Waals surface area contributed by atoms with Crippen LogP contribution in [0.15, 0.2) is 60.8 Å². The minimum atomic E-state index is 0.464. The van der Waals surface area contributed by atoms with Crippen molar-refractivity contribution < 1.29 is 4.74 Å². The summed E-state index contributed by atoms with van der Waals surface area (Å²) in [6, 6.07) is 20.2. The molecule has 0 amide bonds. The van der Waals surface area contributed by atoms with Crippen LogP contribution in [-0.2, 0) is 6.42 Å². The Kier molecular flexibility index (Phi) is 8.05. The largest absolute Gasteiger partial charge is 0.497 e. The van der Waals surface area contributed by atoms with Crippen LogP contribution in [0.25, 0.3) is 10.9 Å².